The van der Waals surface area contributed by atoms with Crippen LogP contribution in [-0.2, 0) is 4.79 Å². The molecule has 0 fully saturated rings. The standard InChI is InChI=1S/C33H23ClN4O6/c1-19(39)43-27-15-14-20(16-28(27)42-2)33(41)44-26-13-6-3-8-22(26)18-36-38-32(40)31-29(23-10-4-5-12-25(23)34)24-11-7-9-21(17-35)30(24)37-31/h3-16,18,37H,1-2H3,(H,38,40). The Kier molecular flexibility index (Phi) is 8.69. The molecule has 44 heavy (non-hydrogen) atoms. The van der Waals surface area contributed by atoms with Crippen LogP contribution < -0.4 is 19.6 Å². The van der Waals surface area contributed by atoms with E-state index in [-0.39, 0.29) is 28.5 Å². The van der Waals surface area contributed by atoms with Crippen molar-refractivity contribution in [1.29, 1.82) is 5.26 Å². The van der Waals surface area contributed by atoms with E-state index in [1.165, 1.54) is 38.4 Å². The first kappa shape index (κ1) is 29.6. The van der Waals surface area contributed by atoms with Gasteiger partial charge in [-0.1, -0.05) is 54.1 Å². The second kappa shape index (κ2) is 12.9. The number of benzene rings is 4. The number of fused-ring (bicyclic) bond motifs is 1. The number of nitrogens with zero attached hydrogens (tertiary/aromatic N) is 2. The van der Waals surface area contributed by atoms with Gasteiger partial charge < -0.3 is 19.2 Å². The van der Waals surface area contributed by atoms with Crippen LogP contribution in [-0.4, -0.2) is 36.2 Å². The number of ether oxygens (including phenoxy) is 3. The minimum Gasteiger partial charge on any atom is -0.493 e. The molecule has 1 amide bonds. The molecule has 1 aromatic heterocycles. The van der Waals surface area contributed by atoms with E-state index in [0.29, 0.717) is 38.2 Å². The van der Waals surface area contributed by atoms with Crippen molar-refractivity contribution >= 4 is 46.6 Å². The number of carbonyl (C=O) groups is 3. The number of hydrogen-bond acceptors (Lipinski definition) is 8. The number of methoxy groups -OCH3 is 1. The van der Waals surface area contributed by atoms with Gasteiger partial charge >= 0.3 is 11.9 Å². The summed E-state index contributed by atoms with van der Waals surface area (Å²) >= 11 is 6.49. The van der Waals surface area contributed by atoms with Crippen LogP contribution in [0.1, 0.15) is 38.9 Å². The molecule has 0 atom stereocenters. The molecule has 0 aliphatic carbocycles. The van der Waals surface area contributed by atoms with Crippen LogP contribution in [0.25, 0.3) is 22.0 Å². The van der Waals surface area contributed by atoms with E-state index in [2.05, 4.69) is 21.6 Å². The van der Waals surface area contributed by atoms with E-state index >= 15 is 0 Å². The van der Waals surface area contributed by atoms with Gasteiger partial charge in [-0.15, -0.1) is 0 Å². The van der Waals surface area contributed by atoms with Crippen LogP contribution in [0.3, 0.4) is 0 Å². The van der Waals surface area contributed by atoms with Crippen molar-refractivity contribution in [2.75, 3.05) is 7.11 Å². The van der Waals surface area contributed by atoms with Crippen molar-refractivity contribution in [3.05, 3.63) is 112 Å². The average Bonchev–Trinajstić information content (AvgIpc) is 3.41. The fourth-order valence-corrected chi connectivity index (χ4v) is 4.74. The molecule has 0 saturated carbocycles. The molecule has 0 radical (unpaired) electrons. The molecule has 0 aliphatic heterocycles. The SMILES string of the molecule is COc1cc(C(=O)Oc2ccccc2C=NNC(=O)c2[nH]c3c(C#N)cccc3c2-c2ccccc2Cl)ccc1OC(C)=O. The van der Waals surface area contributed by atoms with Crippen LogP contribution in [0, 0.1) is 11.3 Å². The highest BCUT2D eigenvalue weighted by molar-refractivity contribution is 6.34. The van der Waals surface area contributed by atoms with Gasteiger partial charge in [-0.3, -0.25) is 9.59 Å². The Morgan fingerprint density at radius 3 is 2.45 bits per heavy atom. The maximum Gasteiger partial charge on any atom is 0.343 e. The first-order valence-corrected chi connectivity index (χ1v) is 13.5. The lowest BCUT2D eigenvalue weighted by atomic mass is 10.0. The van der Waals surface area contributed by atoms with Crippen molar-refractivity contribution in [2.45, 2.75) is 6.92 Å². The molecule has 0 saturated heterocycles. The minimum atomic E-state index is -0.696. The second-order valence-electron chi connectivity index (χ2n) is 9.28. The molecule has 5 rings (SSSR count). The van der Waals surface area contributed by atoms with Gasteiger partial charge in [-0.25, -0.2) is 10.2 Å². The monoisotopic (exact) mass is 606 g/mol. The van der Waals surface area contributed by atoms with Crippen molar-refractivity contribution < 1.29 is 28.6 Å². The molecule has 10 nitrogen and oxygen atoms in total. The van der Waals surface area contributed by atoms with Crippen LogP contribution in [0.15, 0.2) is 90.0 Å². The van der Waals surface area contributed by atoms with Gasteiger partial charge in [-0.05, 0) is 42.5 Å². The predicted octanol–water partition coefficient (Wildman–Crippen LogP) is 6.28. The van der Waals surface area contributed by atoms with Crippen LogP contribution >= 0.6 is 11.6 Å². The summed E-state index contributed by atoms with van der Waals surface area (Å²) in [5.74, 6) is -1.28. The lowest BCUT2D eigenvalue weighted by Gasteiger charge is -2.11. The van der Waals surface area contributed by atoms with Gasteiger partial charge in [0, 0.05) is 34.0 Å². The number of para-hydroxylation sites is 2. The summed E-state index contributed by atoms with van der Waals surface area (Å²) in [6.07, 6.45) is 1.34. The highest BCUT2D eigenvalue weighted by Crippen LogP contribution is 2.37. The minimum absolute atomic E-state index is 0.153. The van der Waals surface area contributed by atoms with E-state index in [0.717, 1.165) is 0 Å². The quantitative estimate of drug-likeness (QED) is 0.0916. The number of esters is 2. The number of nitrogens with one attached hydrogen (secondary N) is 2. The Bertz CT molecular complexity index is 1990. The molecule has 0 bridgehead atoms. The molecule has 0 spiro atoms. The number of rotatable bonds is 8. The Morgan fingerprint density at radius 1 is 0.932 bits per heavy atom. The number of H-pyrrole nitrogens is 1. The normalized spacial score (nSPS) is 10.8. The molecule has 218 valence electrons. The lowest BCUT2D eigenvalue weighted by molar-refractivity contribution is -0.132. The Morgan fingerprint density at radius 2 is 1.70 bits per heavy atom. The van der Waals surface area contributed by atoms with Gasteiger partial charge in [0.25, 0.3) is 5.91 Å². The zero-order chi connectivity index (χ0) is 31.2. The Balaban J connectivity index is 1.39. The van der Waals surface area contributed by atoms with Crippen molar-refractivity contribution in [2.24, 2.45) is 5.10 Å². The maximum atomic E-state index is 13.4. The zero-order valence-corrected chi connectivity index (χ0v) is 24.1. The third-order valence-electron chi connectivity index (χ3n) is 6.47. The zero-order valence-electron chi connectivity index (χ0n) is 23.4. The van der Waals surface area contributed by atoms with E-state index in [9.17, 15) is 19.6 Å². The molecular weight excluding hydrogens is 584 g/mol. The van der Waals surface area contributed by atoms with E-state index in [4.69, 9.17) is 25.8 Å². The number of hydrazone groups is 1. The number of amides is 1. The fourth-order valence-electron chi connectivity index (χ4n) is 4.51. The van der Waals surface area contributed by atoms with E-state index in [1.54, 1.807) is 66.7 Å². The molecule has 11 heteroatoms. The Labute approximate surface area is 256 Å². The third kappa shape index (κ3) is 6.13. The lowest BCUT2D eigenvalue weighted by Crippen LogP contribution is -2.19. The van der Waals surface area contributed by atoms with Crippen molar-refractivity contribution in [1.82, 2.24) is 10.4 Å². The predicted molar refractivity (Wildman–Crippen MR) is 164 cm³/mol. The smallest absolute Gasteiger partial charge is 0.343 e. The third-order valence-corrected chi connectivity index (χ3v) is 6.80. The molecule has 5 aromatic rings. The molecule has 4 aromatic carbocycles. The Hall–Kier alpha value is -5.92. The van der Waals surface area contributed by atoms with Crippen molar-refractivity contribution in [3.8, 4) is 34.4 Å². The summed E-state index contributed by atoms with van der Waals surface area (Å²) in [5, 5.41) is 14.8. The number of halogens is 1. The fraction of sp³-hybridized carbons (Fsp3) is 0.0606. The molecule has 0 unspecified atom stereocenters. The van der Waals surface area contributed by atoms with Gasteiger partial charge in [0.05, 0.1) is 30.0 Å². The summed E-state index contributed by atoms with van der Waals surface area (Å²) in [4.78, 5) is 40.7. The van der Waals surface area contributed by atoms with Crippen LogP contribution in [0.2, 0.25) is 5.02 Å². The molecular formula is C33H23ClN4O6. The second-order valence-corrected chi connectivity index (χ2v) is 9.69. The summed E-state index contributed by atoms with van der Waals surface area (Å²) in [7, 11) is 1.38. The molecule has 2 N–H and O–H groups in total. The van der Waals surface area contributed by atoms with E-state index < -0.39 is 17.8 Å². The van der Waals surface area contributed by atoms with Crippen LogP contribution in [0.5, 0.6) is 17.2 Å². The average molecular weight is 607 g/mol. The number of aromatic amines is 1. The summed E-state index contributed by atoms with van der Waals surface area (Å²) in [6, 6.07) is 25.3. The van der Waals surface area contributed by atoms with Gasteiger partial charge in [-0.2, -0.15) is 10.4 Å². The van der Waals surface area contributed by atoms with Gasteiger partial charge in [0.15, 0.2) is 11.5 Å². The largest absolute Gasteiger partial charge is 0.493 e. The van der Waals surface area contributed by atoms with Gasteiger partial charge in [0.2, 0.25) is 0 Å². The highest BCUT2D eigenvalue weighted by atomic mass is 35.5. The van der Waals surface area contributed by atoms with Crippen LogP contribution in [0.4, 0.5) is 0 Å². The first-order valence-electron chi connectivity index (χ1n) is 13.1. The summed E-state index contributed by atoms with van der Waals surface area (Å²) in [6.45, 7) is 1.26. The number of hydrogen-bond donors (Lipinski definition) is 2. The molecule has 1 heterocycles. The van der Waals surface area contributed by atoms with Gasteiger partial charge in [0.1, 0.15) is 17.5 Å². The topological polar surface area (TPSA) is 143 Å². The van der Waals surface area contributed by atoms with Crippen molar-refractivity contribution in [3.63, 3.8) is 0 Å². The molecule has 0 aliphatic rings. The summed E-state index contributed by atoms with van der Waals surface area (Å²) in [5.41, 5.74) is 5.22. The highest BCUT2D eigenvalue weighted by Gasteiger charge is 2.22. The van der Waals surface area contributed by atoms with E-state index in [1.807, 2.05) is 0 Å². The maximum absolute atomic E-state index is 13.4. The first-order chi connectivity index (χ1) is 21.3. The number of aromatic nitrogens is 1. The summed E-state index contributed by atoms with van der Waals surface area (Å²) < 4.78 is 15.9. The number of nitriles is 1. The number of carbonyl (C=O) groups excluding carboxylic acids is 3.